The molecule has 1 aliphatic carbocycles. The molecule has 4 rings (SSSR count). The fourth-order valence-corrected chi connectivity index (χ4v) is 3.90. The van der Waals surface area contributed by atoms with Crippen molar-refractivity contribution in [2.45, 2.75) is 44.2 Å². The molecule has 29 heavy (non-hydrogen) atoms. The fraction of sp³-hybridized carbons (Fsp3) is 0.429. The molecule has 3 aromatic rings. The third kappa shape index (κ3) is 4.22. The third-order valence-corrected chi connectivity index (χ3v) is 5.61. The summed E-state index contributed by atoms with van der Waals surface area (Å²) in [5.41, 5.74) is 9.44. The van der Waals surface area contributed by atoms with Crippen LogP contribution in [0.3, 0.4) is 0 Å². The van der Waals surface area contributed by atoms with Crippen LogP contribution in [0.15, 0.2) is 36.9 Å². The maximum Gasteiger partial charge on any atom is 0.221 e. The highest BCUT2D eigenvalue weighted by Gasteiger charge is 2.22. The molecule has 1 fully saturated rings. The van der Waals surface area contributed by atoms with E-state index in [0.717, 1.165) is 36.2 Å². The molecule has 0 spiro atoms. The average Bonchev–Trinajstić information content (AvgIpc) is 3.21. The molecule has 1 aliphatic rings. The number of aromatic nitrogens is 5. The summed E-state index contributed by atoms with van der Waals surface area (Å²) in [5.74, 6) is 1.38. The van der Waals surface area contributed by atoms with E-state index in [-0.39, 0.29) is 6.04 Å². The van der Waals surface area contributed by atoms with Gasteiger partial charge in [-0.2, -0.15) is 5.10 Å². The Balaban J connectivity index is 1.54. The quantitative estimate of drug-likeness (QED) is 0.642. The van der Waals surface area contributed by atoms with Gasteiger partial charge in [0.1, 0.15) is 11.5 Å². The number of methoxy groups -OCH3 is 1. The highest BCUT2D eigenvalue weighted by atomic mass is 16.5. The minimum Gasteiger partial charge on any atom is -0.481 e. The Morgan fingerprint density at radius 2 is 1.97 bits per heavy atom. The molecule has 8 nitrogen and oxygen atoms in total. The number of hydrogen-bond acceptors (Lipinski definition) is 7. The van der Waals surface area contributed by atoms with Crippen LogP contribution in [0, 0.1) is 0 Å². The molecule has 2 atom stereocenters. The Hall–Kier alpha value is -3.00. The lowest BCUT2D eigenvalue weighted by Gasteiger charge is -2.29. The van der Waals surface area contributed by atoms with Crippen molar-refractivity contribution in [2.75, 3.05) is 19.1 Å². The minimum atomic E-state index is 0.266. The van der Waals surface area contributed by atoms with E-state index in [0.29, 0.717) is 23.3 Å². The molecule has 0 aliphatic heterocycles. The number of H-pyrrole nitrogens is 1. The number of pyridine rings is 1. The smallest absolute Gasteiger partial charge is 0.221 e. The Morgan fingerprint density at radius 3 is 2.69 bits per heavy atom. The van der Waals surface area contributed by atoms with Crippen molar-refractivity contribution in [3.8, 4) is 28.4 Å². The van der Waals surface area contributed by atoms with Crippen LogP contribution in [0.25, 0.3) is 22.5 Å². The summed E-state index contributed by atoms with van der Waals surface area (Å²) in [6.07, 6.45) is 12.8. The Labute approximate surface area is 170 Å². The zero-order chi connectivity index (χ0) is 20.2. The van der Waals surface area contributed by atoms with Crippen molar-refractivity contribution < 1.29 is 4.74 Å². The van der Waals surface area contributed by atoms with Gasteiger partial charge in [0.05, 0.1) is 31.4 Å². The lowest BCUT2D eigenvalue weighted by atomic mass is 10.1. The molecule has 0 bridgehead atoms. The van der Waals surface area contributed by atoms with Gasteiger partial charge in [-0.15, -0.1) is 0 Å². The van der Waals surface area contributed by atoms with Gasteiger partial charge in [0, 0.05) is 36.5 Å². The SMILES string of the molecule is COc1nc(-c2cnc(N(C)[C@H]3CCCCC(N)C3)cn2)ccc1-c1cn[nH]c1. The lowest BCUT2D eigenvalue weighted by molar-refractivity contribution is 0.400. The van der Waals surface area contributed by atoms with Crippen molar-refractivity contribution in [1.29, 1.82) is 0 Å². The number of anilines is 1. The molecule has 0 aromatic carbocycles. The maximum atomic E-state index is 6.23. The molecule has 0 saturated heterocycles. The summed E-state index contributed by atoms with van der Waals surface area (Å²) in [4.78, 5) is 16.1. The molecule has 0 amide bonds. The van der Waals surface area contributed by atoms with E-state index in [1.165, 1.54) is 12.8 Å². The van der Waals surface area contributed by atoms with E-state index in [1.807, 2.05) is 24.5 Å². The normalized spacial score (nSPS) is 19.6. The van der Waals surface area contributed by atoms with Crippen LogP contribution in [0.1, 0.15) is 32.1 Å². The number of aromatic amines is 1. The van der Waals surface area contributed by atoms with Gasteiger partial charge < -0.3 is 15.4 Å². The van der Waals surface area contributed by atoms with Crippen LogP contribution in [0.4, 0.5) is 5.82 Å². The number of ether oxygens (including phenoxy) is 1. The minimum absolute atomic E-state index is 0.266. The summed E-state index contributed by atoms with van der Waals surface area (Å²) in [6, 6.07) is 4.55. The molecule has 1 unspecified atom stereocenters. The van der Waals surface area contributed by atoms with E-state index in [1.54, 1.807) is 19.5 Å². The molecule has 152 valence electrons. The summed E-state index contributed by atoms with van der Waals surface area (Å²) in [7, 11) is 3.68. The lowest BCUT2D eigenvalue weighted by Crippen LogP contribution is -2.36. The Bertz CT molecular complexity index is 927. The van der Waals surface area contributed by atoms with Crippen LogP contribution >= 0.6 is 0 Å². The van der Waals surface area contributed by atoms with Crippen LogP contribution in [0.2, 0.25) is 0 Å². The summed E-state index contributed by atoms with van der Waals surface area (Å²) >= 11 is 0. The summed E-state index contributed by atoms with van der Waals surface area (Å²) < 4.78 is 5.47. The van der Waals surface area contributed by atoms with Crippen molar-refractivity contribution in [1.82, 2.24) is 25.1 Å². The molecule has 0 radical (unpaired) electrons. The van der Waals surface area contributed by atoms with Crippen molar-refractivity contribution in [3.05, 3.63) is 36.9 Å². The second kappa shape index (κ2) is 8.57. The predicted molar refractivity (Wildman–Crippen MR) is 113 cm³/mol. The monoisotopic (exact) mass is 393 g/mol. The first-order valence-corrected chi connectivity index (χ1v) is 10.0. The van der Waals surface area contributed by atoms with Gasteiger partial charge in [0.2, 0.25) is 5.88 Å². The predicted octanol–water partition coefficient (Wildman–Crippen LogP) is 3.03. The second-order valence-electron chi connectivity index (χ2n) is 7.55. The molecular weight excluding hydrogens is 366 g/mol. The Morgan fingerprint density at radius 1 is 1.10 bits per heavy atom. The van der Waals surface area contributed by atoms with E-state index in [9.17, 15) is 0 Å². The molecule has 3 aromatic heterocycles. The van der Waals surface area contributed by atoms with Gasteiger partial charge in [-0.05, 0) is 31.4 Å². The van der Waals surface area contributed by atoms with Crippen LogP contribution in [0.5, 0.6) is 5.88 Å². The Kier molecular flexibility index (Phi) is 5.71. The van der Waals surface area contributed by atoms with Crippen molar-refractivity contribution in [2.24, 2.45) is 5.73 Å². The number of hydrogen-bond donors (Lipinski definition) is 2. The van der Waals surface area contributed by atoms with Crippen molar-refractivity contribution in [3.63, 3.8) is 0 Å². The van der Waals surface area contributed by atoms with Gasteiger partial charge in [-0.3, -0.25) is 5.10 Å². The first-order chi connectivity index (χ1) is 14.2. The zero-order valence-corrected chi connectivity index (χ0v) is 16.9. The fourth-order valence-electron chi connectivity index (χ4n) is 3.90. The largest absolute Gasteiger partial charge is 0.481 e. The third-order valence-electron chi connectivity index (χ3n) is 5.61. The highest BCUT2D eigenvalue weighted by molar-refractivity contribution is 5.70. The van der Waals surface area contributed by atoms with E-state index in [2.05, 4.69) is 37.1 Å². The first kappa shape index (κ1) is 19.3. The zero-order valence-electron chi connectivity index (χ0n) is 16.9. The topological polar surface area (TPSA) is 106 Å². The van der Waals surface area contributed by atoms with E-state index in [4.69, 9.17) is 10.5 Å². The second-order valence-corrected chi connectivity index (χ2v) is 7.55. The van der Waals surface area contributed by atoms with Gasteiger partial charge in [-0.1, -0.05) is 12.8 Å². The number of rotatable bonds is 5. The highest BCUT2D eigenvalue weighted by Crippen LogP contribution is 2.30. The average molecular weight is 393 g/mol. The maximum absolute atomic E-state index is 6.23. The molecule has 3 heterocycles. The van der Waals surface area contributed by atoms with Crippen LogP contribution < -0.4 is 15.4 Å². The number of nitrogens with zero attached hydrogens (tertiary/aromatic N) is 5. The van der Waals surface area contributed by atoms with E-state index >= 15 is 0 Å². The molecular formula is C21H27N7O. The standard InChI is InChI=1S/C21H27N7O/c1-28(16-6-4-3-5-15(22)9-16)20-13-23-19(12-24-20)18-8-7-17(21(27-18)29-2)14-10-25-26-11-14/h7-8,10-13,15-16H,3-6,9,22H2,1-2H3,(H,25,26)/t15?,16-/m0/s1. The molecule has 1 saturated carbocycles. The molecule has 3 N–H and O–H groups in total. The van der Waals surface area contributed by atoms with Gasteiger partial charge in [-0.25, -0.2) is 15.0 Å². The first-order valence-electron chi connectivity index (χ1n) is 10.0. The summed E-state index contributed by atoms with van der Waals surface area (Å²) in [6.45, 7) is 0. The van der Waals surface area contributed by atoms with Gasteiger partial charge >= 0.3 is 0 Å². The van der Waals surface area contributed by atoms with Crippen LogP contribution in [-0.4, -0.2) is 51.4 Å². The van der Waals surface area contributed by atoms with Crippen LogP contribution in [-0.2, 0) is 0 Å². The summed E-state index contributed by atoms with van der Waals surface area (Å²) in [5, 5.41) is 6.79. The number of nitrogens with one attached hydrogen (secondary N) is 1. The van der Waals surface area contributed by atoms with E-state index < -0.39 is 0 Å². The van der Waals surface area contributed by atoms with Crippen molar-refractivity contribution >= 4 is 5.82 Å². The number of nitrogens with two attached hydrogens (primary N) is 1. The van der Waals surface area contributed by atoms with Gasteiger partial charge in [0.15, 0.2) is 0 Å². The molecule has 8 heteroatoms. The van der Waals surface area contributed by atoms with Gasteiger partial charge in [0.25, 0.3) is 0 Å².